The van der Waals surface area contributed by atoms with Crippen LogP contribution in [-0.4, -0.2) is 36.1 Å². The van der Waals surface area contributed by atoms with Gasteiger partial charge in [0.05, 0.1) is 0 Å². The normalized spacial score (nSPS) is 12.7. The van der Waals surface area contributed by atoms with Crippen LogP contribution in [0.2, 0.25) is 0 Å². The fourth-order valence-electron chi connectivity index (χ4n) is 2.11. The molecule has 1 aromatic rings. The van der Waals surface area contributed by atoms with Gasteiger partial charge in [-0.1, -0.05) is 26.1 Å². The standard InChI is InChI=1S/C16H26N2OS/c1-12(2)11-13(3)18(4)9-10-19-15-7-5-14(6-8-15)16(17)20/h5-8,12-13H,9-11H2,1-4H3,(H2,17,20). The summed E-state index contributed by atoms with van der Waals surface area (Å²) in [4.78, 5) is 2.75. The largest absolute Gasteiger partial charge is 0.492 e. The molecule has 20 heavy (non-hydrogen) atoms. The molecule has 4 heteroatoms. The molecule has 1 aromatic carbocycles. The smallest absolute Gasteiger partial charge is 0.119 e. The average molecular weight is 294 g/mol. The van der Waals surface area contributed by atoms with E-state index in [4.69, 9.17) is 22.7 Å². The Kier molecular flexibility index (Phi) is 6.96. The molecule has 0 fully saturated rings. The van der Waals surface area contributed by atoms with Crippen LogP contribution in [0.4, 0.5) is 0 Å². The van der Waals surface area contributed by atoms with Crippen LogP contribution in [0.15, 0.2) is 24.3 Å². The van der Waals surface area contributed by atoms with Crippen molar-refractivity contribution < 1.29 is 4.74 Å². The van der Waals surface area contributed by atoms with Gasteiger partial charge < -0.3 is 15.4 Å². The van der Waals surface area contributed by atoms with Crippen LogP contribution in [0.1, 0.15) is 32.8 Å². The van der Waals surface area contributed by atoms with E-state index in [0.717, 1.165) is 23.8 Å². The van der Waals surface area contributed by atoms with Crippen molar-refractivity contribution in [3.63, 3.8) is 0 Å². The summed E-state index contributed by atoms with van der Waals surface area (Å²) in [6.45, 7) is 8.38. The van der Waals surface area contributed by atoms with Crippen LogP contribution in [0.3, 0.4) is 0 Å². The number of nitrogens with two attached hydrogens (primary N) is 1. The third-order valence-electron chi connectivity index (χ3n) is 3.42. The minimum Gasteiger partial charge on any atom is -0.492 e. The van der Waals surface area contributed by atoms with Crippen molar-refractivity contribution in [2.75, 3.05) is 20.2 Å². The highest BCUT2D eigenvalue weighted by atomic mass is 32.1. The fraction of sp³-hybridized carbons (Fsp3) is 0.562. The quantitative estimate of drug-likeness (QED) is 0.748. The van der Waals surface area contributed by atoms with Crippen LogP contribution >= 0.6 is 12.2 Å². The highest BCUT2D eigenvalue weighted by Crippen LogP contribution is 2.13. The molecular weight excluding hydrogens is 268 g/mol. The maximum absolute atomic E-state index is 5.74. The second-order valence-electron chi connectivity index (χ2n) is 5.70. The van der Waals surface area contributed by atoms with Gasteiger partial charge in [0.25, 0.3) is 0 Å². The lowest BCUT2D eigenvalue weighted by atomic mass is 10.0. The Hall–Kier alpha value is -1.13. The van der Waals surface area contributed by atoms with Gasteiger partial charge >= 0.3 is 0 Å². The predicted octanol–water partition coefficient (Wildman–Crippen LogP) is 3.07. The zero-order chi connectivity index (χ0) is 15.1. The second kappa shape index (κ2) is 8.22. The highest BCUT2D eigenvalue weighted by Gasteiger charge is 2.10. The minimum absolute atomic E-state index is 0.416. The minimum atomic E-state index is 0.416. The van der Waals surface area contributed by atoms with E-state index < -0.39 is 0 Å². The van der Waals surface area contributed by atoms with E-state index in [1.165, 1.54) is 6.42 Å². The first-order chi connectivity index (χ1) is 9.40. The molecule has 0 amide bonds. The Morgan fingerprint density at radius 3 is 2.35 bits per heavy atom. The highest BCUT2D eigenvalue weighted by molar-refractivity contribution is 7.80. The number of hydrogen-bond acceptors (Lipinski definition) is 3. The third-order valence-corrected chi connectivity index (χ3v) is 3.65. The van der Waals surface area contributed by atoms with Gasteiger partial charge in [0.1, 0.15) is 17.3 Å². The summed E-state index contributed by atoms with van der Waals surface area (Å²) in [6, 6.07) is 8.18. The predicted molar refractivity (Wildman–Crippen MR) is 89.4 cm³/mol. The number of hydrogen-bond donors (Lipinski definition) is 1. The van der Waals surface area contributed by atoms with Gasteiger partial charge in [-0.2, -0.15) is 0 Å². The lowest BCUT2D eigenvalue weighted by molar-refractivity contribution is 0.184. The second-order valence-corrected chi connectivity index (χ2v) is 6.14. The zero-order valence-electron chi connectivity index (χ0n) is 12.9. The first-order valence-corrected chi connectivity index (χ1v) is 7.54. The molecule has 0 radical (unpaired) electrons. The summed E-state index contributed by atoms with van der Waals surface area (Å²) >= 11 is 4.92. The first kappa shape index (κ1) is 16.9. The van der Waals surface area contributed by atoms with E-state index in [9.17, 15) is 0 Å². The van der Waals surface area contributed by atoms with Gasteiger partial charge in [0.15, 0.2) is 0 Å². The molecule has 0 aliphatic rings. The third kappa shape index (κ3) is 5.88. The molecule has 0 heterocycles. The molecule has 1 unspecified atom stereocenters. The number of likely N-dealkylation sites (N-methyl/N-ethyl adjacent to an activating group) is 1. The van der Waals surface area contributed by atoms with Gasteiger partial charge in [-0.25, -0.2) is 0 Å². The van der Waals surface area contributed by atoms with E-state index >= 15 is 0 Å². The molecule has 3 nitrogen and oxygen atoms in total. The number of rotatable bonds is 8. The van der Waals surface area contributed by atoms with Crippen molar-refractivity contribution in [2.45, 2.75) is 33.2 Å². The van der Waals surface area contributed by atoms with Crippen molar-refractivity contribution in [1.29, 1.82) is 0 Å². The molecule has 112 valence electrons. The topological polar surface area (TPSA) is 38.5 Å². The molecule has 0 saturated carbocycles. The molecule has 2 N–H and O–H groups in total. The fourth-order valence-corrected chi connectivity index (χ4v) is 2.24. The van der Waals surface area contributed by atoms with E-state index in [1.807, 2.05) is 24.3 Å². The Labute approximate surface area is 128 Å². The molecule has 1 atom stereocenters. The van der Waals surface area contributed by atoms with Crippen molar-refractivity contribution in [2.24, 2.45) is 11.7 Å². The molecule has 0 aliphatic heterocycles. The van der Waals surface area contributed by atoms with Crippen LogP contribution in [-0.2, 0) is 0 Å². The van der Waals surface area contributed by atoms with Gasteiger partial charge in [-0.05, 0) is 50.6 Å². The lowest BCUT2D eigenvalue weighted by Crippen LogP contribution is -2.33. The molecule has 1 rings (SSSR count). The monoisotopic (exact) mass is 294 g/mol. The van der Waals surface area contributed by atoms with Crippen LogP contribution in [0.25, 0.3) is 0 Å². The average Bonchev–Trinajstić information content (AvgIpc) is 2.38. The summed E-state index contributed by atoms with van der Waals surface area (Å²) < 4.78 is 5.74. The lowest BCUT2D eigenvalue weighted by Gasteiger charge is -2.26. The Bertz CT molecular complexity index is 417. The summed E-state index contributed by atoms with van der Waals surface area (Å²) in [5.41, 5.74) is 6.43. The maximum Gasteiger partial charge on any atom is 0.119 e. The van der Waals surface area contributed by atoms with Gasteiger partial charge in [-0.3, -0.25) is 0 Å². The number of thiocarbonyl (C=S) groups is 1. The van der Waals surface area contributed by atoms with Crippen LogP contribution in [0, 0.1) is 5.92 Å². The Morgan fingerprint density at radius 1 is 1.25 bits per heavy atom. The maximum atomic E-state index is 5.74. The van der Waals surface area contributed by atoms with Crippen LogP contribution in [0.5, 0.6) is 5.75 Å². The molecule has 0 spiro atoms. The zero-order valence-corrected chi connectivity index (χ0v) is 13.7. The van der Waals surface area contributed by atoms with Crippen molar-refractivity contribution in [3.05, 3.63) is 29.8 Å². The van der Waals surface area contributed by atoms with E-state index in [2.05, 4.69) is 32.7 Å². The summed E-state index contributed by atoms with van der Waals surface area (Å²) in [7, 11) is 2.15. The molecule has 0 aliphatic carbocycles. The Morgan fingerprint density at radius 2 is 1.85 bits per heavy atom. The molecule has 0 aromatic heterocycles. The number of ether oxygens (including phenoxy) is 1. The summed E-state index contributed by atoms with van der Waals surface area (Å²) in [6.07, 6.45) is 1.21. The number of benzene rings is 1. The van der Waals surface area contributed by atoms with Crippen LogP contribution < -0.4 is 10.5 Å². The van der Waals surface area contributed by atoms with Crippen molar-refractivity contribution >= 4 is 17.2 Å². The summed E-state index contributed by atoms with van der Waals surface area (Å²) in [5.74, 6) is 1.58. The number of nitrogens with zero attached hydrogens (tertiary/aromatic N) is 1. The van der Waals surface area contributed by atoms with E-state index in [1.54, 1.807) is 0 Å². The van der Waals surface area contributed by atoms with Gasteiger partial charge in [0.2, 0.25) is 0 Å². The van der Waals surface area contributed by atoms with E-state index in [0.29, 0.717) is 17.6 Å². The van der Waals surface area contributed by atoms with Gasteiger partial charge in [-0.15, -0.1) is 0 Å². The van der Waals surface area contributed by atoms with Crippen molar-refractivity contribution in [3.8, 4) is 5.75 Å². The summed E-state index contributed by atoms with van der Waals surface area (Å²) in [5, 5.41) is 0. The molecule has 0 bridgehead atoms. The SMILES string of the molecule is CC(C)CC(C)N(C)CCOc1ccc(C(N)=S)cc1. The van der Waals surface area contributed by atoms with Crippen molar-refractivity contribution in [1.82, 2.24) is 4.90 Å². The Balaban J connectivity index is 2.35. The first-order valence-electron chi connectivity index (χ1n) is 7.13. The molecular formula is C16H26N2OS. The molecule has 0 saturated heterocycles. The van der Waals surface area contributed by atoms with E-state index in [-0.39, 0.29) is 0 Å². The van der Waals surface area contributed by atoms with Gasteiger partial charge in [0, 0.05) is 18.2 Å².